The largest absolute Gasteiger partial charge is 0.357 e. The van der Waals surface area contributed by atoms with Gasteiger partial charge < -0.3 is 4.74 Å². The number of nitrogens with zero attached hydrogens (tertiary/aromatic N) is 2. The van der Waals surface area contributed by atoms with E-state index in [9.17, 15) is 20.2 Å². The van der Waals surface area contributed by atoms with Gasteiger partial charge in [-0.2, -0.15) is 0 Å². The van der Waals surface area contributed by atoms with Gasteiger partial charge in [0.25, 0.3) is 11.4 Å². The smallest absolute Gasteiger partial charge is 0.269 e. The summed E-state index contributed by atoms with van der Waals surface area (Å²) in [5.74, 6) is 5.66. The zero-order valence-electron chi connectivity index (χ0n) is 13.1. The number of hydrogen-bond acceptors (Lipinski definition) is 5. The number of benzene rings is 2. The van der Waals surface area contributed by atoms with Crippen LogP contribution >= 0.6 is 0 Å². The molecule has 1 atom stereocenters. The topological polar surface area (TPSA) is 95.5 Å². The van der Waals surface area contributed by atoms with Crippen LogP contribution in [0.3, 0.4) is 0 Å². The van der Waals surface area contributed by atoms with Crippen molar-refractivity contribution in [1.82, 2.24) is 0 Å². The standard InChI is InChI=1S/C18H14N2O5/c1-2-18(15-7-11-17(12-8-15)20(23)24)25-13-3-4-14-5-9-16(10-6-14)19(21)22/h2,5-12,18H,1,13H2. The highest BCUT2D eigenvalue weighted by atomic mass is 16.6. The van der Waals surface area contributed by atoms with E-state index >= 15 is 0 Å². The van der Waals surface area contributed by atoms with Crippen molar-refractivity contribution in [3.8, 4) is 11.8 Å². The second-order valence-electron chi connectivity index (χ2n) is 4.92. The van der Waals surface area contributed by atoms with Crippen LogP contribution in [0.5, 0.6) is 0 Å². The Morgan fingerprint density at radius 2 is 1.52 bits per heavy atom. The Kier molecular flexibility index (Phi) is 5.98. The maximum Gasteiger partial charge on any atom is 0.269 e. The maximum atomic E-state index is 10.7. The highest BCUT2D eigenvalue weighted by Crippen LogP contribution is 2.21. The van der Waals surface area contributed by atoms with E-state index in [1.807, 2.05) is 0 Å². The number of nitro groups is 2. The zero-order valence-corrected chi connectivity index (χ0v) is 13.1. The molecule has 0 saturated heterocycles. The summed E-state index contributed by atoms with van der Waals surface area (Å²) in [7, 11) is 0. The molecule has 0 amide bonds. The van der Waals surface area contributed by atoms with Crippen molar-refractivity contribution in [3.63, 3.8) is 0 Å². The minimum Gasteiger partial charge on any atom is -0.357 e. The summed E-state index contributed by atoms with van der Waals surface area (Å²) < 4.78 is 5.59. The molecule has 0 heterocycles. The molecular formula is C18H14N2O5. The summed E-state index contributed by atoms with van der Waals surface area (Å²) in [4.78, 5) is 20.3. The van der Waals surface area contributed by atoms with Gasteiger partial charge in [-0.1, -0.05) is 17.9 Å². The summed E-state index contributed by atoms with van der Waals surface area (Å²) >= 11 is 0. The molecule has 0 N–H and O–H groups in total. The summed E-state index contributed by atoms with van der Waals surface area (Å²) in [5.41, 5.74) is 1.38. The number of nitro benzene ring substituents is 2. The minimum absolute atomic E-state index is 0.00419. The Hall–Kier alpha value is -3.50. The van der Waals surface area contributed by atoms with E-state index in [-0.39, 0.29) is 18.0 Å². The Morgan fingerprint density at radius 1 is 1.00 bits per heavy atom. The Bertz CT molecular complexity index is 833. The molecule has 2 aromatic carbocycles. The first-order chi connectivity index (χ1) is 12.0. The summed E-state index contributed by atoms with van der Waals surface area (Å²) in [6, 6.07) is 11.9. The van der Waals surface area contributed by atoms with Gasteiger partial charge in [-0.15, -0.1) is 6.58 Å². The molecule has 0 fully saturated rings. The fourth-order valence-electron chi connectivity index (χ4n) is 2.02. The normalized spacial score (nSPS) is 11.0. The first-order valence-corrected chi connectivity index (χ1v) is 7.23. The molecular weight excluding hydrogens is 324 g/mol. The molecule has 25 heavy (non-hydrogen) atoms. The molecule has 0 spiro atoms. The fraction of sp³-hybridized carbons (Fsp3) is 0.111. The van der Waals surface area contributed by atoms with E-state index in [1.165, 1.54) is 24.3 Å². The van der Waals surface area contributed by atoms with Crippen LogP contribution in [-0.4, -0.2) is 16.5 Å². The Morgan fingerprint density at radius 3 is 2.00 bits per heavy atom. The molecule has 2 rings (SSSR count). The molecule has 2 aromatic rings. The molecule has 126 valence electrons. The zero-order chi connectivity index (χ0) is 18.2. The predicted molar refractivity (Wildman–Crippen MR) is 92.0 cm³/mol. The number of rotatable bonds is 6. The van der Waals surface area contributed by atoms with Crippen molar-refractivity contribution >= 4 is 11.4 Å². The van der Waals surface area contributed by atoms with Gasteiger partial charge in [-0.25, -0.2) is 0 Å². The van der Waals surface area contributed by atoms with Crippen molar-refractivity contribution in [2.45, 2.75) is 6.10 Å². The van der Waals surface area contributed by atoms with Crippen LogP contribution < -0.4 is 0 Å². The van der Waals surface area contributed by atoms with Gasteiger partial charge in [-0.05, 0) is 29.8 Å². The van der Waals surface area contributed by atoms with E-state index in [0.717, 1.165) is 5.56 Å². The van der Waals surface area contributed by atoms with Crippen molar-refractivity contribution in [2.24, 2.45) is 0 Å². The molecule has 7 heteroatoms. The molecule has 0 aliphatic carbocycles. The average molecular weight is 338 g/mol. The lowest BCUT2D eigenvalue weighted by molar-refractivity contribution is -0.385. The third kappa shape index (κ3) is 4.99. The van der Waals surface area contributed by atoms with Crippen LogP contribution in [0.2, 0.25) is 0 Å². The van der Waals surface area contributed by atoms with Gasteiger partial charge in [0.2, 0.25) is 0 Å². The lowest BCUT2D eigenvalue weighted by Crippen LogP contribution is -2.02. The molecule has 0 aliphatic rings. The van der Waals surface area contributed by atoms with Gasteiger partial charge in [0, 0.05) is 29.8 Å². The van der Waals surface area contributed by atoms with Gasteiger partial charge in [0.1, 0.15) is 12.7 Å². The van der Waals surface area contributed by atoms with Gasteiger partial charge in [0.15, 0.2) is 0 Å². The lowest BCUT2D eigenvalue weighted by Gasteiger charge is -2.11. The van der Waals surface area contributed by atoms with E-state index in [2.05, 4.69) is 18.4 Å². The Balaban J connectivity index is 1.96. The highest BCUT2D eigenvalue weighted by Gasteiger charge is 2.10. The highest BCUT2D eigenvalue weighted by molar-refractivity contribution is 5.41. The summed E-state index contributed by atoms with van der Waals surface area (Å²) in [6.45, 7) is 3.80. The van der Waals surface area contributed by atoms with Crippen LogP contribution in [-0.2, 0) is 4.74 Å². The molecule has 7 nitrogen and oxygen atoms in total. The second-order valence-corrected chi connectivity index (χ2v) is 4.92. The number of hydrogen-bond donors (Lipinski definition) is 0. The van der Waals surface area contributed by atoms with E-state index in [4.69, 9.17) is 4.74 Å². The summed E-state index contributed by atoms with van der Waals surface area (Å²) in [5, 5.41) is 21.2. The van der Waals surface area contributed by atoms with Crippen molar-refractivity contribution in [2.75, 3.05) is 6.61 Å². The molecule has 1 unspecified atom stereocenters. The SMILES string of the molecule is C=CC(OCC#Cc1ccc([N+](=O)[O-])cc1)c1ccc([N+](=O)[O-])cc1. The van der Waals surface area contributed by atoms with Crippen molar-refractivity contribution < 1.29 is 14.6 Å². The van der Waals surface area contributed by atoms with Crippen LogP contribution in [0.4, 0.5) is 11.4 Å². The molecule has 0 radical (unpaired) electrons. The van der Waals surface area contributed by atoms with Crippen molar-refractivity contribution in [1.29, 1.82) is 0 Å². The predicted octanol–water partition coefficient (Wildman–Crippen LogP) is 3.80. The van der Waals surface area contributed by atoms with Crippen LogP contribution in [0.15, 0.2) is 61.2 Å². The third-order valence-corrected chi connectivity index (χ3v) is 3.29. The monoisotopic (exact) mass is 338 g/mol. The summed E-state index contributed by atoms with van der Waals surface area (Å²) in [6.07, 6.45) is 1.14. The lowest BCUT2D eigenvalue weighted by atomic mass is 10.1. The molecule has 0 bridgehead atoms. The van der Waals surface area contributed by atoms with E-state index < -0.39 is 16.0 Å². The molecule has 0 aliphatic heterocycles. The van der Waals surface area contributed by atoms with Gasteiger partial charge in [-0.3, -0.25) is 20.2 Å². The van der Waals surface area contributed by atoms with Crippen molar-refractivity contribution in [3.05, 3.63) is 92.5 Å². The number of ether oxygens (including phenoxy) is 1. The molecule has 0 aromatic heterocycles. The average Bonchev–Trinajstić information content (AvgIpc) is 2.62. The fourth-order valence-corrected chi connectivity index (χ4v) is 2.02. The van der Waals surface area contributed by atoms with E-state index in [1.54, 1.807) is 30.3 Å². The van der Waals surface area contributed by atoms with Gasteiger partial charge in [0.05, 0.1) is 9.85 Å². The van der Waals surface area contributed by atoms with E-state index in [0.29, 0.717) is 5.56 Å². The quantitative estimate of drug-likeness (QED) is 0.345. The first-order valence-electron chi connectivity index (χ1n) is 7.23. The Labute approximate surface area is 143 Å². The van der Waals surface area contributed by atoms with Crippen LogP contribution in [0.25, 0.3) is 0 Å². The minimum atomic E-state index is -0.473. The maximum absolute atomic E-state index is 10.7. The third-order valence-electron chi connectivity index (χ3n) is 3.29. The first kappa shape index (κ1) is 17.8. The van der Waals surface area contributed by atoms with Gasteiger partial charge >= 0.3 is 0 Å². The van der Waals surface area contributed by atoms with Crippen LogP contribution in [0.1, 0.15) is 17.2 Å². The number of non-ortho nitro benzene ring substituents is 2. The van der Waals surface area contributed by atoms with Crippen LogP contribution in [0, 0.1) is 32.1 Å². The molecule has 0 saturated carbocycles. The second kappa shape index (κ2) is 8.38.